The molecule has 0 aromatic carbocycles. The van der Waals surface area contributed by atoms with Gasteiger partial charge >= 0.3 is 5.69 Å². The second-order valence-corrected chi connectivity index (χ2v) is 5.80. The minimum atomic E-state index is -0.734. The number of aromatic amines is 1. The molecule has 2 rings (SSSR count). The smallest absolute Gasteiger partial charge is 0.330 e. The van der Waals surface area contributed by atoms with Crippen LogP contribution in [0.25, 0.3) is 0 Å². The maximum absolute atomic E-state index is 12.0. The van der Waals surface area contributed by atoms with Gasteiger partial charge in [-0.25, -0.2) is 4.79 Å². The topological polar surface area (TPSA) is 123 Å². The molecule has 1 saturated heterocycles. The number of nitrogens with one attached hydrogen (secondary N) is 2. The number of hydrogen-bond acceptors (Lipinski definition) is 6. The molecule has 1 aromatic heterocycles. The Balaban J connectivity index is 2.07. The molecule has 1 aliphatic rings. The zero-order chi connectivity index (χ0) is 17.7. The Morgan fingerprint density at radius 3 is 2.88 bits per heavy atom. The first-order chi connectivity index (χ1) is 11.4. The molecule has 2 heterocycles. The van der Waals surface area contributed by atoms with E-state index < -0.39 is 29.7 Å². The lowest BCUT2D eigenvalue weighted by atomic mass is 10.0. The van der Waals surface area contributed by atoms with E-state index in [2.05, 4.69) is 10.3 Å². The first-order valence-corrected chi connectivity index (χ1v) is 7.88. The van der Waals surface area contributed by atoms with Crippen LogP contribution in [0.4, 0.5) is 0 Å². The number of carbonyl (C=O) groups is 1. The fraction of sp³-hybridized carbons (Fsp3) is 0.667. The second-order valence-electron chi connectivity index (χ2n) is 5.80. The van der Waals surface area contributed by atoms with E-state index in [1.807, 2.05) is 6.92 Å². The highest BCUT2D eigenvalue weighted by Gasteiger charge is 2.43. The average Bonchev–Trinajstić information content (AvgIpc) is 2.83. The molecular weight excluding hydrogens is 318 g/mol. The molecule has 1 aromatic rings. The van der Waals surface area contributed by atoms with Crippen LogP contribution in [-0.2, 0) is 14.3 Å². The van der Waals surface area contributed by atoms with Gasteiger partial charge in [0, 0.05) is 38.3 Å². The van der Waals surface area contributed by atoms with Crippen molar-refractivity contribution in [2.45, 2.75) is 38.7 Å². The van der Waals surface area contributed by atoms with Crippen molar-refractivity contribution in [1.29, 1.82) is 0 Å². The number of aliphatic hydroxyl groups excluding tert-OH is 1. The van der Waals surface area contributed by atoms with Crippen LogP contribution < -0.4 is 16.6 Å². The van der Waals surface area contributed by atoms with Crippen LogP contribution in [0.1, 0.15) is 26.5 Å². The van der Waals surface area contributed by atoms with Crippen molar-refractivity contribution < 1.29 is 19.4 Å². The summed E-state index contributed by atoms with van der Waals surface area (Å²) in [5, 5.41) is 12.1. The number of rotatable bonds is 7. The van der Waals surface area contributed by atoms with Crippen molar-refractivity contribution in [2.24, 2.45) is 5.92 Å². The van der Waals surface area contributed by atoms with Crippen LogP contribution >= 0.6 is 0 Å². The van der Waals surface area contributed by atoms with Gasteiger partial charge in [0.25, 0.3) is 5.56 Å². The Morgan fingerprint density at radius 2 is 2.25 bits per heavy atom. The number of nitrogens with zero attached hydrogens (tertiary/aromatic N) is 1. The minimum Gasteiger partial charge on any atom is -0.394 e. The molecule has 24 heavy (non-hydrogen) atoms. The third-order valence-corrected chi connectivity index (χ3v) is 4.01. The summed E-state index contributed by atoms with van der Waals surface area (Å²) in [5.74, 6) is -0.245. The first-order valence-electron chi connectivity index (χ1n) is 7.88. The van der Waals surface area contributed by atoms with E-state index >= 15 is 0 Å². The van der Waals surface area contributed by atoms with Gasteiger partial charge in [-0.3, -0.25) is 19.1 Å². The maximum Gasteiger partial charge on any atom is 0.330 e. The Kier molecular flexibility index (Phi) is 6.29. The van der Waals surface area contributed by atoms with Crippen molar-refractivity contribution >= 4 is 5.91 Å². The minimum absolute atomic E-state index is 0.106. The third-order valence-electron chi connectivity index (χ3n) is 4.01. The molecule has 1 fully saturated rings. The van der Waals surface area contributed by atoms with Gasteiger partial charge in [-0.15, -0.1) is 0 Å². The molecule has 3 N–H and O–H groups in total. The van der Waals surface area contributed by atoms with Gasteiger partial charge in [0.15, 0.2) is 6.23 Å². The molecule has 9 nitrogen and oxygen atoms in total. The summed E-state index contributed by atoms with van der Waals surface area (Å²) in [7, 11) is 0. The van der Waals surface area contributed by atoms with Crippen molar-refractivity contribution in [3.63, 3.8) is 0 Å². The third kappa shape index (κ3) is 4.31. The van der Waals surface area contributed by atoms with Crippen LogP contribution in [0, 0.1) is 5.92 Å². The number of aromatic nitrogens is 2. The summed E-state index contributed by atoms with van der Waals surface area (Å²) >= 11 is 0. The van der Waals surface area contributed by atoms with Gasteiger partial charge in [-0.05, 0) is 6.42 Å². The Morgan fingerprint density at radius 1 is 1.50 bits per heavy atom. The summed E-state index contributed by atoms with van der Waals surface area (Å²) < 4.78 is 12.8. The number of carbonyl (C=O) groups excluding carboxylic acids is 1. The van der Waals surface area contributed by atoms with Gasteiger partial charge in [0.05, 0.1) is 12.7 Å². The molecule has 0 saturated carbocycles. The maximum atomic E-state index is 12.0. The van der Waals surface area contributed by atoms with E-state index in [1.165, 1.54) is 23.8 Å². The van der Waals surface area contributed by atoms with Gasteiger partial charge in [-0.1, -0.05) is 6.92 Å². The molecule has 0 radical (unpaired) electrons. The van der Waals surface area contributed by atoms with E-state index in [0.717, 1.165) is 0 Å². The van der Waals surface area contributed by atoms with E-state index in [1.54, 1.807) is 0 Å². The van der Waals surface area contributed by atoms with Crippen LogP contribution in [0.5, 0.6) is 0 Å². The summed E-state index contributed by atoms with van der Waals surface area (Å²) in [6, 6.07) is 1.23. The van der Waals surface area contributed by atoms with E-state index in [0.29, 0.717) is 19.6 Å². The van der Waals surface area contributed by atoms with Crippen LogP contribution in [-0.4, -0.2) is 52.5 Å². The fourth-order valence-electron chi connectivity index (χ4n) is 2.70. The Hall–Kier alpha value is -1.97. The number of amides is 1. The lowest BCUT2D eigenvalue weighted by Gasteiger charge is -2.23. The zero-order valence-electron chi connectivity index (χ0n) is 13.7. The normalized spacial score (nSPS) is 26.5. The molecule has 134 valence electrons. The summed E-state index contributed by atoms with van der Waals surface area (Å²) in [4.78, 5) is 36.2. The zero-order valence-corrected chi connectivity index (χ0v) is 13.7. The highest BCUT2D eigenvalue weighted by atomic mass is 16.6. The highest BCUT2D eigenvalue weighted by molar-refractivity contribution is 5.72. The molecule has 9 heteroatoms. The lowest BCUT2D eigenvalue weighted by Crippen LogP contribution is -2.37. The standard InChI is InChI=1S/C15H23N3O6/c1-9-11(8-19)24-14(18-6-4-12(21)17-15(18)22)13(9)23-7-3-5-16-10(2)20/h4,6,9,11,13-14,19H,3,5,7-8H2,1-2H3,(H,16,20)(H,17,21,22)/t9-,11-,13-,14-/m1/s1. The summed E-state index contributed by atoms with van der Waals surface area (Å²) in [6.07, 6.45) is 0.311. The SMILES string of the molecule is CC(=O)NCCCO[C@@H]1[C@H](C)[C@@H](CO)O[C@H]1n1ccc(=O)[nH]c1=O. The molecule has 0 bridgehead atoms. The molecule has 1 amide bonds. The summed E-state index contributed by atoms with van der Waals surface area (Å²) in [5.41, 5.74) is -1.08. The fourth-order valence-corrected chi connectivity index (χ4v) is 2.70. The molecule has 0 spiro atoms. The van der Waals surface area contributed by atoms with Crippen molar-refractivity contribution in [2.75, 3.05) is 19.8 Å². The van der Waals surface area contributed by atoms with Crippen molar-refractivity contribution in [1.82, 2.24) is 14.9 Å². The van der Waals surface area contributed by atoms with E-state index in [4.69, 9.17) is 9.47 Å². The van der Waals surface area contributed by atoms with Gasteiger partial charge in [0.2, 0.25) is 5.91 Å². The highest BCUT2D eigenvalue weighted by Crippen LogP contribution is 2.35. The Bertz CT molecular complexity index is 670. The monoisotopic (exact) mass is 341 g/mol. The second kappa shape index (κ2) is 8.22. The molecule has 0 unspecified atom stereocenters. The van der Waals surface area contributed by atoms with Gasteiger partial charge in [-0.2, -0.15) is 0 Å². The lowest BCUT2D eigenvalue weighted by molar-refractivity contribution is -0.119. The molecule has 1 aliphatic heterocycles. The average molecular weight is 341 g/mol. The Labute approximate surface area is 138 Å². The molecule has 4 atom stereocenters. The summed E-state index contributed by atoms with van der Waals surface area (Å²) in [6.45, 7) is 3.98. The molecular formula is C15H23N3O6. The van der Waals surface area contributed by atoms with E-state index in [-0.39, 0.29) is 18.4 Å². The largest absolute Gasteiger partial charge is 0.394 e. The number of H-pyrrole nitrogens is 1. The molecule has 0 aliphatic carbocycles. The number of ether oxygens (including phenoxy) is 2. The predicted molar refractivity (Wildman–Crippen MR) is 84.5 cm³/mol. The van der Waals surface area contributed by atoms with Crippen LogP contribution in [0.15, 0.2) is 21.9 Å². The quantitative estimate of drug-likeness (QED) is 0.545. The van der Waals surface area contributed by atoms with Gasteiger partial charge in [0.1, 0.15) is 6.10 Å². The first kappa shape index (κ1) is 18.4. The van der Waals surface area contributed by atoms with Crippen molar-refractivity contribution in [3.8, 4) is 0 Å². The number of aliphatic hydroxyl groups is 1. The van der Waals surface area contributed by atoms with E-state index in [9.17, 15) is 19.5 Å². The van der Waals surface area contributed by atoms with Gasteiger partial charge < -0.3 is 19.9 Å². The van der Waals surface area contributed by atoms with Crippen LogP contribution in [0.2, 0.25) is 0 Å². The number of hydrogen-bond donors (Lipinski definition) is 3. The predicted octanol–water partition coefficient (Wildman–Crippen LogP) is -1.03. The van der Waals surface area contributed by atoms with Crippen LogP contribution in [0.3, 0.4) is 0 Å². The van der Waals surface area contributed by atoms with Crippen molar-refractivity contribution in [3.05, 3.63) is 33.1 Å².